The standard InChI is InChI=1S/C17H20N6O/c1-23(2)10-4-9-19-17(24)15-7-8-16(22-21-15)20-14-6-3-5-13(11-14)12-18/h3,5-8,11H,4,9-10H2,1-2H3,(H,19,24)(H,20,22). The van der Waals surface area contributed by atoms with Crippen LogP contribution in [0.15, 0.2) is 36.4 Å². The lowest BCUT2D eigenvalue weighted by atomic mass is 10.2. The van der Waals surface area contributed by atoms with Gasteiger partial charge in [0.25, 0.3) is 5.91 Å². The van der Waals surface area contributed by atoms with Crippen molar-refractivity contribution in [2.24, 2.45) is 0 Å². The molecular formula is C17H20N6O. The number of carbonyl (C=O) groups excluding carboxylic acids is 1. The molecule has 0 spiro atoms. The van der Waals surface area contributed by atoms with Crippen LogP contribution in [0.2, 0.25) is 0 Å². The van der Waals surface area contributed by atoms with Crippen LogP contribution in [0, 0.1) is 11.3 Å². The SMILES string of the molecule is CN(C)CCCNC(=O)c1ccc(Nc2cccc(C#N)c2)nn1. The molecule has 0 fully saturated rings. The first-order chi connectivity index (χ1) is 11.6. The molecule has 7 nitrogen and oxygen atoms in total. The summed E-state index contributed by atoms with van der Waals surface area (Å²) in [6.45, 7) is 1.51. The predicted molar refractivity (Wildman–Crippen MR) is 92.0 cm³/mol. The van der Waals surface area contributed by atoms with Crippen LogP contribution in [-0.4, -0.2) is 48.2 Å². The second-order valence-corrected chi connectivity index (χ2v) is 5.53. The number of hydrogen-bond acceptors (Lipinski definition) is 6. The average Bonchev–Trinajstić information content (AvgIpc) is 2.59. The Labute approximate surface area is 141 Å². The van der Waals surface area contributed by atoms with Crippen molar-refractivity contribution in [3.63, 3.8) is 0 Å². The zero-order valence-corrected chi connectivity index (χ0v) is 13.8. The number of hydrogen-bond donors (Lipinski definition) is 2. The van der Waals surface area contributed by atoms with Gasteiger partial charge in [0.05, 0.1) is 11.6 Å². The second kappa shape index (κ2) is 8.60. The van der Waals surface area contributed by atoms with Crippen molar-refractivity contribution in [1.82, 2.24) is 20.4 Å². The molecule has 1 amide bonds. The highest BCUT2D eigenvalue weighted by atomic mass is 16.1. The molecule has 0 saturated carbocycles. The first-order valence-electron chi connectivity index (χ1n) is 7.62. The van der Waals surface area contributed by atoms with Gasteiger partial charge in [-0.25, -0.2) is 0 Å². The highest BCUT2D eigenvalue weighted by molar-refractivity contribution is 5.92. The van der Waals surface area contributed by atoms with Crippen molar-refractivity contribution in [1.29, 1.82) is 5.26 Å². The third-order valence-electron chi connectivity index (χ3n) is 3.23. The Morgan fingerprint density at radius 3 is 2.75 bits per heavy atom. The van der Waals surface area contributed by atoms with Crippen LogP contribution in [0.4, 0.5) is 11.5 Å². The van der Waals surface area contributed by atoms with Gasteiger partial charge < -0.3 is 15.5 Å². The van der Waals surface area contributed by atoms with E-state index >= 15 is 0 Å². The number of nitrogens with one attached hydrogen (secondary N) is 2. The van der Waals surface area contributed by atoms with Gasteiger partial charge in [-0.15, -0.1) is 10.2 Å². The Morgan fingerprint density at radius 1 is 1.25 bits per heavy atom. The van der Waals surface area contributed by atoms with E-state index in [1.165, 1.54) is 0 Å². The van der Waals surface area contributed by atoms with Crippen LogP contribution in [0.1, 0.15) is 22.5 Å². The normalized spacial score (nSPS) is 10.2. The molecule has 124 valence electrons. The van der Waals surface area contributed by atoms with Gasteiger partial charge in [-0.3, -0.25) is 4.79 Å². The number of amides is 1. The number of aromatic nitrogens is 2. The van der Waals surface area contributed by atoms with Crippen LogP contribution in [0.3, 0.4) is 0 Å². The Kier molecular flexibility index (Phi) is 6.23. The number of nitriles is 1. The largest absolute Gasteiger partial charge is 0.351 e. The summed E-state index contributed by atoms with van der Waals surface area (Å²) in [4.78, 5) is 14.0. The van der Waals surface area contributed by atoms with Crippen molar-refractivity contribution in [2.75, 3.05) is 32.5 Å². The molecule has 0 aliphatic heterocycles. The monoisotopic (exact) mass is 324 g/mol. The number of benzene rings is 1. The molecular weight excluding hydrogens is 304 g/mol. The lowest BCUT2D eigenvalue weighted by molar-refractivity contribution is 0.0946. The zero-order chi connectivity index (χ0) is 17.4. The molecule has 0 atom stereocenters. The van der Waals surface area contributed by atoms with Crippen LogP contribution in [-0.2, 0) is 0 Å². The lowest BCUT2D eigenvalue weighted by Gasteiger charge is -2.09. The van der Waals surface area contributed by atoms with Crippen LogP contribution < -0.4 is 10.6 Å². The Morgan fingerprint density at radius 2 is 2.08 bits per heavy atom. The van der Waals surface area contributed by atoms with E-state index in [0.717, 1.165) is 18.7 Å². The fraction of sp³-hybridized carbons (Fsp3) is 0.294. The molecule has 0 saturated heterocycles. The fourth-order valence-corrected chi connectivity index (χ4v) is 2.02. The summed E-state index contributed by atoms with van der Waals surface area (Å²) in [6.07, 6.45) is 0.876. The number of carbonyl (C=O) groups is 1. The highest BCUT2D eigenvalue weighted by Crippen LogP contribution is 2.15. The summed E-state index contributed by atoms with van der Waals surface area (Å²) in [6, 6.07) is 12.4. The zero-order valence-electron chi connectivity index (χ0n) is 13.8. The Balaban J connectivity index is 1.90. The molecule has 1 heterocycles. The maximum atomic E-state index is 12.0. The van der Waals surface area contributed by atoms with Gasteiger partial charge >= 0.3 is 0 Å². The molecule has 1 aromatic heterocycles. The van der Waals surface area contributed by atoms with E-state index in [2.05, 4.69) is 31.8 Å². The molecule has 0 aliphatic carbocycles. The first-order valence-corrected chi connectivity index (χ1v) is 7.62. The average molecular weight is 324 g/mol. The minimum absolute atomic E-state index is 0.237. The number of anilines is 2. The van der Waals surface area contributed by atoms with Gasteiger partial charge in [0.2, 0.25) is 0 Å². The van der Waals surface area contributed by atoms with Crippen molar-refractivity contribution >= 4 is 17.4 Å². The number of nitrogens with zero attached hydrogens (tertiary/aromatic N) is 4. The third kappa shape index (κ3) is 5.34. The molecule has 1 aromatic carbocycles. The van der Waals surface area contributed by atoms with Crippen LogP contribution in [0.5, 0.6) is 0 Å². The molecule has 0 aliphatic rings. The van der Waals surface area contributed by atoms with E-state index in [4.69, 9.17) is 5.26 Å². The van der Waals surface area contributed by atoms with Gasteiger partial charge in [-0.1, -0.05) is 6.07 Å². The molecule has 2 rings (SSSR count). The minimum Gasteiger partial charge on any atom is -0.351 e. The van der Waals surface area contributed by atoms with Gasteiger partial charge in [0.15, 0.2) is 11.5 Å². The van der Waals surface area contributed by atoms with E-state index < -0.39 is 0 Å². The summed E-state index contributed by atoms with van der Waals surface area (Å²) >= 11 is 0. The quantitative estimate of drug-likeness (QED) is 0.754. The molecule has 2 aromatic rings. The van der Waals surface area contributed by atoms with E-state index in [9.17, 15) is 4.79 Å². The molecule has 7 heteroatoms. The van der Waals surface area contributed by atoms with Crippen molar-refractivity contribution < 1.29 is 4.79 Å². The van der Waals surface area contributed by atoms with Crippen LogP contribution in [0.25, 0.3) is 0 Å². The van der Waals surface area contributed by atoms with Gasteiger partial charge in [-0.05, 0) is 57.4 Å². The summed E-state index contributed by atoms with van der Waals surface area (Å²) in [7, 11) is 3.98. The fourth-order valence-electron chi connectivity index (χ4n) is 2.02. The van der Waals surface area contributed by atoms with E-state index in [0.29, 0.717) is 17.9 Å². The molecule has 0 bridgehead atoms. The van der Waals surface area contributed by atoms with Gasteiger partial charge in [0, 0.05) is 12.2 Å². The first kappa shape index (κ1) is 17.4. The third-order valence-corrected chi connectivity index (χ3v) is 3.23. The van der Waals surface area contributed by atoms with Crippen LogP contribution >= 0.6 is 0 Å². The van der Waals surface area contributed by atoms with Crippen molar-refractivity contribution in [3.8, 4) is 6.07 Å². The number of rotatable bonds is 7. The summed E-state index contributed by atoms with van der Waals surface area (Å²) in [5.74, 6) is 0.272. The smallest absolute Gasteiger partial charge is 0.271 e. The molecule has 0 radical (unpaired) electrons. The van der Waals surface area contributed by atoms with Crippen molar-refractivity contribution in [3.05, 3.63) is 47.7 Å². The maximum absolute atomic E-state index is 12.0. The predicted octanol–water partition coefficient (Wildman–Crippen LogP) is 1.77. The molecule has 0 unspecified atom stereocenters. The Hall–Kier alpha value is -2.98. The topological polar surface area (TPSA) is 93.9 Å². The van der Waals surface area contributed by atoms with Gasteiger partial charge in [0.1, 0.15) is 0 Å². The summed E-state index contributed by atoms with van der Waals surface area (Å²) < 4.78 is 0. The molecule has 24 heavy (non-hydrogen) atoms. The lowest BCUT2D eigenvalue weighted by Crippen LogP contribution is -2.28. The summed E-state index contributed by atoms with van der Waals surface area (Å²) in [5.41, 5.74) is 1.57. The minimum atomic E-state index is -0.237. The second-order valence-electron chi connectivity index (χ2n) is 5.53. The van der Waals surface area contributed by atoms with E-state index in [-0.39, 0.29) is 11.6 Å². The summed E-state index contributed by atoms with van der Waals surface area (Å²) in [5, 5.41) is 22.7. The van der Waals surface area contributed by atoms with Crippen molar-refractivity contribution in [2.45, 2.75) is 6.42 Å². The Bertz CT molecular complexity index is 721. The highest BCUT2D eigenvalue weighted by Gasteiger charge is 2.07. The maximum Gasteiger partial charge on any atom is 0.271 e. The van der Waals surface area contributed by atoms with Gasteiger partial charge in [-0.2, -0.15) is 5.26 Å². The molecule has 2 N–H and O–H groups in total. The van der Waals surface area contributed by atoms with E-state index in [1.54, 1.807) is 30.3 Å². The van der Waals surface area contributed by atoms with E-state index in [1.807, 2.05) is 20.2 Å².